The van der Waals surface area contributed by atoms with Crippen LogP contribution < -0.4 is 5.32 Å². The van der Waals surface area contributed by atoms with Gasteiger partial charge in [-0.3, -0.25) is 19.3 Å². The Bertz CT molecular complexity index is 709. The average molecular weight is 351 g/mol. The van der Waals surface area contributed by atoms with E-state index < -0.39 is 11.7 Å². The molecule has 0 bridgehead atoms. The van der Waals surface area contributed by atoms with Crippen molar-refractivity contribution in [2.75, 3.05) is 11.9 Å². The molecule has 126 valence electrons. The van der Waals surface area contributed by atoms with Crippen LogP contribution in [0.3, 0.4) is 0 Å². The van der Waals surface area contributed by atoms with Crippen LogP contribution in [-0.4, -0.2) is 29.2 Å². The van der Waals surface area contributed by atoms with Crippen LogP contribution in [0.15, 0.2) is 30.4 Å². The molecular formula is C17H16ClFN2O3. The molecule has 1 saturated heterocycles. The zero-order valence-corrected chi connectivity index (χ0v) is 13.6. The van der Waals surface area contributed by atoms with E-state index in [2.05, 4.69) is 5.32 Å². The zero-order chi connectivity index (χ0) is 17.3. The molecule has 1 aromatic rings. The van der Waals surface area contributed by atoms with Crippen molar-refractivity contribution in [3.05, 3.63) is 41.2 Å². The molecule has 5 nitrogen and oxygen atoms in total. The molecule has 0 radical (unpaired) electrons. The molecule has 2 unspecified atom stereocenters. The number of hydrogen-bond donors (Lipinski definition) is 1. The molecule has 1 heterocycles. The summed E-state index contributed by atoms with van der Waals surface area (Å²) in [6, 6.07) is 4.29. The van der Waals surface area contributed by atoms with Crippen molar-refractivity contribution in [1.82, 2.24) is 4.90 Å². The Morgan fingerprint density at radius 3 is 2.46 bits per heavy atom. The molecule has 1 aromatic carbocycles. The van der Waals surface area contributed by atoms with Crippen molar-refractivity contribution >= 4 is 35.0 Å². The number of likely N-dealkylation sites (tertiary alicyclic amines) is 1. The Morgan fingerprint density at radius 2 is 1.83 bits per heavy atom. The third-order valence-electron chi connectivity index (χ3n) is 4.39. The summed E-state index contributed by atoms with van der Waals surface area (Å²) in [7, 11) is 0. The summed E-state index contributed by atoms with van der Waals surface area (Å²) in [4.78, 5) is 37.7. The fraction of sp³-hybridized carbons (Fsp3) is 0.353. The minimum absolute atomic E-state index is 0.00130. The van der Waals surface area contributed by atoms with Crippen LogP contribution in [0.1, 0.15) is 19.3 Å². The van der Waals surface area contributed by atoms with Gasteiger partial charge in [0, 0.05) is 13.0 Å². The SMILES string of the molecule is O=C(CCN1C(=O)C2CC=CCC2C1=O)Nc1cccc(Cl)c1F. The Morgan fingerprint density at radius 1 is 1.21 bits per heavy atom. The molecule has 3 amide bonds. The molecule has 24 heavy (non-hydrogen) atoms. The fourth-order valence-corrected chi connectivity index (χ4v) is 3.29. The van der Waals surface area contributed by atoms with Gasteiger partial charge in [-0.1, -0.05) is 29.8 Å². The second-order valence-corrected chi connectivity index (χ2v) is 6.29. The average Bonchev–Trinajstić information content (AvgIpc) is 2.82. The molecule has 2 aliphatic rings. The predicted molar refractivity (Wildman–Crippen MR) is 86.7 cm³/mol. The number of allylic oxidation sites excluding steroid dienone is 2. The molecule has 3 rings (SSSR count). The zero-order valence-electron chi connectivity index (χ0n) is 12.8. The van der Waals surface area contributed by atoms with Crippen molar-refractivity contribution in [1.29, 1.82) is 0 Å². The number of hydrogen-bond acceptors (Lipinski definition) is 3. The topological polar surface area (TPSA) is 66.5 Å². The highest BCUT2D eigenvalue weighted by Gasteiger charge is 2.46. The van der Waals surface area contributed by atoms with Crippen LogP contribution in [0.25, 0.3) is 0 Å². The number of amides is 3. The van der Waals surface area contributed by atoms with Crippen molar-refractivity contribution in [2.45, 2.75) is 19.3 Å². The molecule has 1 fully saturated rings. The van der Waals surface area contributed by atoms with Crippen molar-refractivity contribution < 1.29 is 18.8 Å². The van der Waals surface area contributed by atoms with E-state index in [1.807, 2.05) is 12.2 Å². The number of carbonyl (C=O) groups is 3. The minimum Gasteiger partial charge on any atom is -0.323 e. The molecular weight excluding hydrogens is 335 g/mol. The van der Waals surface area contributed by atoms with Crippen molar-refractivity contribution in [3.8, 4) is 0 Å². The lowest BCUT2D eigenvalue weighted by Gasteiger charge is -2.14. The van der Waals surface area contributed by atoms with Gasteiger partial charge < -0.3 is 5.32 Å². The number of halogens is 2. The van der Waals surface area contributed by atoms with Crippen LogP contribution in [0, 0.1) is 17.7 Å². The summed E-state index contributed by atoms with van der Waals surface area (Å²) in [5.41, 5.74) is -0.0237. The number of anilines is 1. The monoisotopic (exact) mass is 350 g/mol. The third kappa shape index (κ3) is 3.06. The number of imide groups is 1. The lowest BCUT2D eigenvalue weighted by Crippen LogP contribution is -2.34. The van der Waals surface area contributed by atoms with Crippen LogP contribution in [0.2, 0.25) is 5.02 Å². The lowest BCUT2D eigenvalue weighted by molar-refractivity contribution is -0.140. The number of carbonyl (C=O) groups excluding carboxylic acids is 3. The second kappa shape index (κ2) is 6.73. The van der Waals surface area contributed by atoms with Gasteiger partial charge in [0.1, 0.15) is 0 Å². The first-order valence-electron chi connectivity index (χ1n) is 7.73. The second-order valence-electron chi connectivity index (χ2n) is 5.88. The highest BCUT2D eigenvalue weighted by Crippen LogP contribution is 2.35. The molecule has 0 spiro atoms. The maximum Gasteiger partial charge on any atom is 0.233 e. The normalized spacial score (nSPS) is 22.7. The third-order valence-corrected chi connectivity index (χ3v) is 4.68. The van der Waals surface area contributed by atoms with Gasteiger partial charge in [0.25, 0.3) is 0 Å². The maximum absolute atomic E-state index is 13.8. The number of benzene rings is 1. The Labute approximate surface area is 143 Å². The van der Waals surface area contributed by atoms with Gasteiger partial charge in [-0.15, -0.1) is 0 Å². The number of fused-ring (bicyclic) bond motifs is 1. The lowest BCUT2D eigenvalue weighted by atomic mass is 9.85. The van der Waals surface area contributed by atoms with Crippen LogP contribution in [0.4, 0.5) is 10.1 Å². The summed E-state index contributed by atoms with van der Waals surface area (Å²) >= 11 is 5.66. The van der Waals surface area contributed by atoms with Crippen LogP contribution in [-0.2, 0) is 14.4 Å². The van der Waals surface area contributed by atoms with E-state index in [0.717, 1.165) is 4.90 Å². The highest BCUT2D eigenvalue weighted by molar-refractivity contribution is 6.31. The van der Waals surface area contributed by atoms with Gasteiger partial charge in [0.15, 0.2) is 5.82 Å². The number of nitrogens with one attached hydrogen (secondary N) is 1. The molecule has 7 heteroatoms. The Balaban J connectivity index is 1.59. The standard InChI is InChI=1S/C17H16ClFN2O3/c18-12-6-3-7-13(15(12)19)20-14(22)8-9-21-16(23)10-4-1-2-5-11(10)17(21)24/h1-3,6-7,10-11H,4-5,8-9H2,(H,20,22). The van der Waals surface area contributed by atoms with Gasteiger partial charge in [-0.25, -0.2) is 4.39 Å². The highest BCUT2D eigenvalue weighted by atomic mass is 35.5. The molecule has 1 N–H and O–H groups in total. The van der Waals surface area contributed by atoms with E-state index in [-0.39, 0.29) is 47.3 Å². The molecule has 1 aliphatic heterocycles. The molecule has 0 saturated carbocycles. The van der Waals surface area contributed by atoms with Crippen molar-refractivity contribution in [2.24, 2.45) is 11.8 Å². The molecule has 0 aromatic heterocycles. The van der Waals surface area contributed by atoms with Gasteiger partial charge in [-0.2, -0.15) is 0 Å². The first-order valence-corrected chi connectivity index (χ1v) is 8.11. The van der Waals surface area contributed by atoms with Gasteiger partial charge in [0.2, 0.25) is 17.7 Å². The quantitative estimate of drug-likeness (QED) is 0.670. The Kier molecular flexibility index (Phi) is 4.66. The van der Waals surface area contributed by atoms with Gasteiger partial charge >= 0.3 is 0 Å². The summed E-state index contributed by atoms with van der Waals surface area (Å²) in [5.74, 6) is -2.26. The van der Waals surface area contributed by atoms with E-state index in [9.17, 15) is 18.8 Å². The van der Waals surface area contributed by atoms with E-state index in [1.165, 1.54) is 18.2 Å². The fourth-order valence-electron chi connectivity index (χ4n) is 3.12. The van der Waals surface area contributed by atoms with E-state index in [0.29, 0.717) is 12.8 Å². The van der Waals surface area contributed by atoms with Gasteiger partial charge in [-0.05, 0) is 25.0 Å². The largest absolute Gasteiger partial charge is 0.323 e. The maximum atomic E-state index is 13.8. The van der Waals surface area contributed by atoms with Crippen LogP contribution in [0.5, 0.6) is 0 Å². The first kappa shape index (κ1) is 16.6. The van der Waals surface area contributed by atoms with E-state index in [1.54, 1.807) is 0 Å². The number of nitrogens with zero attached hydrogens (tertiary/aromatic N) is 1. The van der Waals surface area contributed by atoms with E-state index >= 15 is 0 Å². The summed E-state index contributed by atoms with van der Waals surface area (Å²) in [6.07, 6.45) is 4.85. The summed E-state index contributed by atoms with van der Waals surface area (Å²) in [5, 5.41) is 2.32. The minimum atomic E-state index is -0.710. The first-order chi connectivity index (χ1) is 11.5. The summed E-state index contributed by atoms with van der Waals surface area (Å²) in [6.45, 7) is -0.00130. The van der Waals surface area contributed by atoms with E-state index in [4.69, 9.17) is 11.6 Å². The predicted octanol–water partition coefficient (Wildman–Crippen LogP) is 2.76. The molecule has 2 atom stereocenters. The Hall–Kier alpha value is -2.21. The van der Waals surface area contributed by atoms with Crippen molar-refractivity contribution in [3.63, 3.8) is 0 Å². The number of rotatable bonds is 4. The summed E-state index contributed by atoms with van der Waals surface area (Å²) < 4.78 is 13.8. The molecule has 1 aliphatic carbocycles. The smallest absolute Gasteiger partial charge is 0.233 e. The van der Waals surface area contributed by atoms with Crippen LogP contribution >= 0.6 is 11.6 Å². The van der Waals surface area contributed by atoms with Gasteiger partial charge in [0.05, 0.1) is 22.5 Å².